The summed E-state index contributed by atoms with van der Waals surface area (Å²) >= 11 is 6.25. The van der Waals surface area contributed by atoms with E-state index < -0.39 is 0 Å². The average Bonchev–Trinajstić information content (AvgIpc) is 2.48. The molecule has 0 bridgehead atoms. The number of hydrogen-bond donors (Lipinski definition) is 0. The third-order valence-electron chi connectivity index (χ3n) is 3.90. The number of likely N-dealkylation sites (N-methyl/N-ethyl adjacent to an activating group) is 1. The Labute approximate surface area is 132 Å². The Bertz CT molecular complexity index is 501. The largest absolute Gasteiger partial charge is 0.308 e. The second-order valence-electron chi connectivity index (χ2n) is 5.84. The summed E-state index contributed by atoms with van der Waals surface area (Å²) in [7, 11) is 4.23. The maximum atomic E-state index is 8.87. The Kier molecular flexibility index (Phi) is 6.01. The topological polar surface area (TPSA) is 33.5 Å². The molecule has 0 unspecified atom stereocenters. The van der Waals surface area contributed by atoms with E-state index in [0.717, 1.165) is 51.4 Å². The smallest absolute Gasteiger partial charge is 0.0992 e. The van der Waals surface area contributed by atoms with Gasteiger partial charge in [-0.3, -0.25) is 9.80 Å². The third-order valence-corrected chi connectivity index (χ3v) is 4.26. The van der Waals surface area contributed by atoms with E-state index in [4.69, 9.17) is 16.9 Å². The molecule has 0 atom stereocenters. The minimum absolute atomic E-state index is 0.622. The minimum Gasteiger partial charge on any atom is -0.308 e. The fraction of sp³-hybridized carbons (Fsp3) is 0.562. The summed E-state index contributed by atoms with van der Waals surface area (Å²) in [6.07, 6.45) is 0. The standard InChI is InChI=1S/C16H23ClN4/c1-19(2)5-6-20-7-9-21(10-8-20)13-15-4-3-14(12-18)11-16(15)17/h3-4,11H,5-10,13H2,1-2H3. The normalized spacial score (nSPS) is 17.1. The van der Waals surface area contributed by atoms with Crippen LogP contribution >= 0.6 is 11.6 Å². The van der Waals surface area contributed by atoms with Crippen LogP contribution in [-0.4, -0.2) is 68.1 Å². The lowest BCUT2D eigenvalue weighted by Gasteiger charge is -2.35. The van der Waals surface area contributed by atoms with E-state index in [9.17, 15) is 0 Å². The van der Waals surface area contributed by atoms with E-state index in [2.05, 4.69) is 34.9 Å². The zero-order valence-electron chi connectivity index (χ0n) is 12.8. The highest BCUT2D eigenvalue weighted by Gasteiger charge is 2.17. The van der Waals surface area contributed by atoms with Crippen molar-refractivity contribution in [3.63, 3.8) is 0 Å². The summed E-state index contributed by atoms with van der Waals surface area (Å²) in [5.41, 5.74) is 1.73. The summed E-state index contributed by atoms with van der Waals surface area (Å²) in [6.45, 7) is 7.49. The van der Waals surface area contributed by atoms with Crippen LogP contribution in [0.4, 0.5) is 0 Å². The van der Waals surface area contributed by atoms with Crippen molar-refractivity contribution < 1.29 is 0 Å². The van der Waals surface area contributed by atoms with Crippen molar-refractivity contribution in [3.8, 4) is 6.07 Å². The molecule has 114 valence electrons. The van der Waals surface area contributed by atoms with Crippen molar-refractivity contribution in [2.75, 3.05) is 53.4 Å². The molecule has 1 aliphatic rings. The first-order valence-corrected chi connectivity index (χ1v) is 7.74. The molecule has 0 spiro atoms. The number of halogens is 1. The fourth-order valence-corrected chi connectivity index (χ4v) is 2.74. The summed E-state index contributed by atoms with van der Waals surface area (Å²) in [4.78, 5) is 7.17. The van der Waals surface area contributed by atoms with Gasteiger partial charge in [-0.05, 0) is 31.8 Å². The Hall–Kier alpha value is -1.12. The molecule has 1 aromatic carbocycles. The highest BCUT2D eigenvalue weighted by Crippen LogP contribution is 2.20. The zero-order valence-corrected chi connectivity index (χ0v) is 13.6. The van der Waals surface area contributed by atoms with E-state index in [1.165, 1.54) is 0 Å². The van der Waals surface area contributed by atoms with Gasteiger partial charge in [0.05, 0.1) is 11.6 Å². The SMILES string of the molecule is CN(C)CCN1CCN(Cc2ccc(C#N)cc2Cl)CC1. The lowest BCUT2D eigenvalue weighted by molar-refractivity contribution is 0.120. The molecule has 5 heteroatoms. The summed E-state index contributed by atoms with van der Waals surface area (Å²) in [5, 5.41) is 9.56. The first-order valence-electron chi connectivity index (χ1n) is 7.36. The molecular formula is C16H23ClN4. The Morgan fingerprint density at radius 2 is 1.86 bits per heavy atom. The molecule has 0 amide bonds. The first-order chi connectivity index (χ1) is 10.1. The van der Waals surface area contributed by atoms with E-state index in [-0.39, 0.29) is 0 Å². The van der Waals surface area contributed by atoms with Gasteiger partial charge in [-0.25, -0.2) is 0 Å². The van der Waals surface area contributed by atoms with Crippen molar-refractivity contribution >= 4 is 11.6 Å². The minimum atomic E-state index is 0.622. The predicted octanol–water partition coefficient (Wildman–Crippen LogP) is 1.89. The highest BCUT2D eigenvalue weighted by molar-refractivity contribution is 6.31. The molecule has 21 heavy (non-hydrogen) atoms. The van der Waals surface area contributed by atoms with E-state index >= 15 is 0 Å². The van der Waals surface area contributed by atoms with E-state index in [1.54, 1.807) is 6.07 Å². The van der Waals surface area contributed by atoms with Crippen molar-refractivity contribution in [2.45, 2.75) is 6.54 Å². The van der Waals surface area contributed by atoms with Crippen LogP contribution in [-0.2, 0) is 6.54 Å². The molecule has 1 aromatic rings. The number of nitriles is 1. The monoisotopic (exact) mass is 306 g/mol. The molecule has 4 nitrogen and oxygen atoms in total. The van der Waals surface area contributed by atoms with Gasteiger partial charge in [0, 0.05) is 50.8 Å². The summed E-state index contributed by atoms with van der Waals surface area (Å²) in [5.74, 6) is 0. The molecule has 0 saturated carbocycles. The van der Waals surface area contributed by atoms with Crippen molar-refractivity contribution in [3.05, 3.63) is 34.3 Å². The van der Waals surface area contributed by atoms with E-state index in [1.807, 2.05) is 12.1 Å². The van der Waals surface area contributed by atoms with Gasteiger partial charge in [0.2, 0.25) is 0 Å². The number of nitrogens with zero attached hydrogens (tertiary/aromatic N) is 4. The highest BCUT2D eigenvalue weighted by atomic mass is 35.5. The summed E-state index contributed by atoms with van der Waals surface area (Å²) < 4.78 is 0. The van der Waals surface area contributed by atoms with Gasteiger partial charge in [-0.15, -0.1) is 0 Å². The van der Waals surface area contributed by atoms with Crippen molar-refractivity contribution in [1.29, 1.82) is 5.26 Å². The Morgan fingerprint density at radius 1 is 1.19 bits per heavy atom. The maximum absolute atomic E-state index is 8.87. The molecule has 0 aromatic heterocycles. The van der Waals surface area contributed by atoms with Gasteiger partial charge in [0.1, 0.15) is 0 Å². The van der Waals surface area contributed by atoms with Crippen LogP contribution in [0.2, 0.25) is 5.02 Å². The third kappa shape index (κ3) is 4.98. The van der Waals surface area contributed by atoms with Gasteiger partial charge < -0.3 is 4.90 Å². The Balaban J connectivity index is 1.82. The van der Waals surface area contributed by atoms with Gasteiger partial charge in [0.25, 0.3) is 0 Å². The van der Waals surface area contributed by atoms with Crippen LogP contribution in [0.15, 0.2) is 18.2 Å². The Morgan fingerprint density at radius 3 is 2.43 bits per heavy atom. The number of rotatable bonds is 5. The van der Waals surface area contributed by atoms with Crippen LogP contribution in [0.25, 0.3) is 0 Å². The molecule has 1 saturated heterocycles. The molecule has 1 fully saturated rings. The molecular weight excluding hydrogens is 284 g/mol. The zero-order chi connectivity index (χ0) is 15.2. The predicted molar refractivity (Wildman–Crippen MR) is 86.4 cm³/mol. The van der Waals surface area contributed by atoms with Gasteiger partial charge >= 0.3 is 0 Å². The van der Waals surface area contributed by atoms with E-state index in [0.29, 0.717) is 10.6 Å². The first kappa shape index (κ1) is 16.3. The van der Waals surface area contributed by atoms with Crippen LogP contribution in [0.3, 0.4) is 0 Å². The second-order valence-corrected chi connectivity index (χ2v) is 6.25. The van der Waals surface area contributed by atoms with Crippen molar-refractivity contribution in [1.82, 2.24) is 14.7 Å². The molecule has 1 aliphatic heterocycles. The van der Waals surface area contributed by atoms with Gasteiger partial charge in [0.15, 0.2) is 0 Å². The van der Waals surface area contributed by atoms with Crippen LogP contribution in [0.1, 0.15) is 11.1 Å². The molecule has 0 N–H and O–H groups in total. The van der Waals surface area contributed by atoms with Crippen LogP contribution < -0.4 is 0 Å². The molecule has 2 rings (SSSR count). The molecule has 0 aliphatic carbocycles. The summed E-state index contributed by atoms with van der Waals surface area (Å²) in [6, 6.07) is 7.69. The van der Waals surface area contributed by atoms with Gasteiger partial charge in [-0.2, -0.15) is 5.26 Å². The maximum Gasteiger partial charge on any atom is 0.0992 e. The van der Waals surface area contributed by atoms with Crippen LogP contribution in [0, 0.1) is 11.3 Å². The lowest BCUT2D eigenvalue weighted by Crippen LogP contribution is -2.47. The average molecular weight is 307 g/mol. The van der Waals surface area contributed by atoms with Crippen LogP contribution in [0.5, 0.6) is 0 Å². The fourth-order valence-electron chi connectivity index (χ4n) is 2.50. The second kappa shape index (κ2) is 7.77. The number of piperazine rings is 1. The van der Waals surface area contributed by atoms with Gasteiger partial charge in [-0.1, -0.05) is 17.7 Å². The number of hydrogen-bond acceptors (Lipinski definition) is 4. The lowest BCUT2D eigenvalue weighted by atomic mass is 10.1. The quantitative estimate of drug-likeness (QED) is 0.832. The van der Waals surface area contributed by atoms with Crippen molar-refractivity contribution in [2.24, 2.45) is 0 Å². The molecule has 0 radical (unpaired) electrons. The molecule has 1 heterocycles. The number of benzene rings is 1.